The quantitative estimate of drug-likeness (QED) is 0.833. The van der Waals surface area contributed by atoms with Crippen LogP contribution in [0.4, 0.5) is 19.0 Å². The molecule has 22 heavy (non-hydrogen) atoms. The number of nitrogens with one attached hydrogen (secondary N) is 2. The molecule has 114 valence electrons. The van der Waals surface area contributed by atoms with Crippen molar-refractivity contribution in [2.75, 3.05) is 5.32 Å². The van der Waals surface area contributed by atoms with Crippen molar-refractivity contribution >= 4 is 29.1 Å². The summed E-state index contributed by atoms with van der Waals surface area (Å²) in [5, 5.41) is 4.67. The lowest BCUT2D eigenvalue weighted by Gasteiger charge is -2.13. The average Bonchev–Trinajstić information content (AvgIpc) is 2.47. The minimum absolute atomic E-state index is 0.138. The van der Waals surface area contributed by atoms with Crippen molar-refractivity contribution in [1.82, 2.24) is 10.3 Å². The monoisotopic (exact) mass is 325 g/mol. The summed E-state index contributed by atoms with van der Waals surface area (Å²) in [5.74, 6) is -0.571. The number of carbonyl (C=O) groups excluding carboxylic acids is 1. The van der Waals surface area contributed by atoms with Gasteiger partial charge in [-0.2, -0.15) is 13.2 Å². The number of hydrogen-bond acceptors (Lipinski definition) is 3. The van der Waals surface area contributed by atoms with Gasteiger partial charge in [0.05, 0.1) is 11.1 Å². The summed E-state index contributed by atoms with van der Waals surface area (Å²) in [6.45, 7) is 0. The molecule has 1 aromatic carbocycles. The van der Waals surface area contributed by atoms with Gasteiger partial charge >= 0.3 is 6.18 Å². The molecule has 0 spiro atoms. The van der Waals surface area contributed by atoms with Gasteiger partial charge in [0.1, 0.15) is 5.82 Å². The topological polar surface area (TPSA) is 54.0 Å². The third-order valence-corrected chi connectivity index (χ3v) is 2.81. The lowest BCUT2D eigenvalue weighted by Crippen LogP contribution is -2.35. The van der Waals surface area contributed by atoms with Crippen LogP contribution in [-0.4, -0.2) is 16.0 Å². The van der Waals surface area contributed by atoms with Crippen LogP contribution in [0.5, 0.6) is 0 Å². The fourth-order valence-corrected chi connectivity index (χ4v) is 1.88. The largest absolute Gasteiger partial charge is 0.417 e. The number of carbonyl (C=O) groups is 1. The van der Waals surface area contributed by atoms with Gasteiger partial charge in [-0.3, -0.25) is 10.1 Å². The number of hydrogen-bond donors (Lipinski definition) is 2. The number of anilines is 1. The molecule has 0 atom stereocenters. The minimum atomic E-state index is -4.62. The normalized spacial score (nSPS) is 10.9. The lowest BCUT2D eigenvalue weighted by atomic mass is 10.1. The number of nitrogens with zero attached hydrogens (tertiary/aromatic N) is 1. The summed E-state index contributed by atoms with van der Waals surface area (Å²) in [5.41, 5.74) is -1.52. The molecule has 0 aliphatic carbocycles. The van der Waals surface area contributed by atoms with Crippen LogP contribution in [0, 0.1) is 0 Å². The van der Waals surface area contributed by atoms with Crippen molar-refractivity contribution in [3.8, 4) is 0 Å². The fraction of sp³-hybridized carbons (Fsp3) is 0.0714. The van der Waals surface area contributed by atoms with E-state index in [4.69, 9.17) is 12.2 Å². The number of thiocarbonyl (C=S) groups is 1. The van der Waals surface area contributed by atoms with Gasteiger partial charge in [-0.1, -0.05) is 18.2 Å². The van der Waals surface area contributed by atoms with E-state index in [9.17, 15) is 18.0 Å². The molecule has 2 rings (SSSR count). The molecule has 0 saturated heterocycles. The molecule has 4 nitrogen and oxygen atoms in total. The van der Waals surface area contributed by atoms with Crippen LogP contribution in [0.1, 0.15) is 15.9 Å². The maximum Gasteiger partial charge on any atom is 0.417 e. The smallest absolute Gasteiger partial charge is 0.317 e. The first-order valence-electron chi connectivity index (χ1n) is 6.07. The first kappa shape index (κ1) is 15.9. The summed E-state index contributed by atoms with van der Waals surface area (Å²) in [7, 11) is 0. The molecule has 0 aliphatic rings. The van der Waals surface area contributed by atoms with Gasteiger partial charge in [-0.15, -0.1) is 0 Å². The third kappa shape index (κ3) is 4.01. The molecule has 0 saturated carbocycles. The molecule has 2 N–H and O–H groups in total. The number of aromatic nitrogens is 1. The third-order valence-electron chi connectivity index (χ3n) is 2.61. The van der Waals surface area contributed by atoms with Gasteiger partial charge in [0.2, 0.25) is 0 Å². The summed E-state index contributed by atoms with van der Waals surface area (Å²) in [4.78, 5) is 15.9. The maximum absolute atomic E-state index is 12.9. The van der Waals surface area contributed by atoms with Crippen LogP contribution < -0.4 is 10.6 Å². The van der Waals surface area contributed by atoms with Crippen molar-refractivity contribution < 1.29 is 18.0 Å². The van der Waals surface area contributed by atoms with Gasteiger partial charge in [0.15, 0.2) is 5.11 Å². The van der Waals surface area contributed by atoms with Crippen LogP contribution in [0.2, 0.25) is 0 Å². The Morgan fingerprint density at radius 3 is 2.41 bits per heavy atom. The van der Waals surface area contributed by atoms with E-state index in [2.05, 4.69) is 15.6 Å². The van der Waals surface area contributed by atoms with E-state index >= 15 is 0 Å². The SMILES string of the molecule is O=C(NC(=S)Nc1ccccn1)c1ccccc1C(F)(F)F. The Morgan fingerprint density at radius 2 is 1.77 bits per heavy atom. The highest BCUT2D eigenvalue weighted by atomic mass is 32.1. The number of alkyl halides is 3. The molecular formula is C14H10F3N3OS. The van der Waals surface area contributed by atoms with E-state index < -0.39 is 23.2 Å². The Morgan fingerprint density at radius 1 is 1.09 bits per heavy atom. The number of amides is 1. The van der Waals surface area contributed by atoms with E-state index in [1.807, 2.05) is 0 Å². The predicted octanol–water partition coefficient (Wildman–Crippen LogP) is 3.23. The van der Waals surface area contributed by atoms with E-state index in [1.165, 1.54) is 18.3 Å². The second kappa shape index (κ2) is 6.52. The number of pyridine rings is 1. The first-order chi connectivity index (χ1) is 10.4. The Hall–Kier alpha value is -2.48. The molecule has 0 aliphatic heterocycles. The van der Waals surface area contributed by atoms with Gasteiger partial charge in [0.25, 0.3) is 5.91 Å². The summed E-state index contributed by atoms with van der Waals surface area (Å²) in [6, 6.07) is 9.46. The van der Waals surface area contributed by atoms with Gasteiger partial charge in [-0.25, -0.2) is 4.98 Å². The predicted molar refractivity (Wildman–Crippen MR) is 79.4 cm³/mol. The van der Waals surface area contributed by atoms with Gasteiger partial charge in [0, 0.05) is 6.20 Å². The van der Waals surface area contributed by atoms with E-state index in [1.54, 1.807) is 18.2 Å². The molecule has 2 aromatic rings. The summed E-state index contributed by atoms with van der Waals surface area (Å²) >= 11 is 4.88. The number of benzene rings is 1. The first-order valence-corrected chi connectivity index (χ1v) is 6.48. The second-order valence-corrected chi connectivity index (χ2v) is 4.57. The number of halogens is 3. The van der Waals surface area contributed by atoms with E-state index in [0.717, 1.165) is 12.1 Å². The molecule has 0 radical (unpaired) electrons. The van der Waals surface area contributed by atoms with Crippen molar-refractivity contribution in [1.29, 1.82) is 0 Å². The van der Waals surface area contributed by atoms with Crippen LogP contribution in [-0.2, 0) is 6.18 Å². The molecule has 0 fully saturated rings. The Balaban J connectivity index is 2.11. The van der Waals surface area contributed by atoms with Crippen molar-refractivity contribution in [3.63, 3.8) is 0 Å². The van der Waals surface area contributed by atoms with Crippen LogP contribution >= 0.6 is 12.2 Å². The van der Waals surface area contributed by atoms with Gasteiger partial charge in [-0.05, 0) is 36.5 Å². The highest BCUT2D eigenvalue weighted by Gasteiger charge is 2.34. The van der Waals surface area contributed by atoms with Crippen molar-refractivity contribution in [2.24, 2.45) is 0 Å². The Labute approximate surface area is 129 Å². The zero-order valence-corrected chi connectivity index (χ0v) is 11.8. The molecule has 1 heterocycles. The molecule has 1 aromatic heterocycles. The second-order valence-electron chi connectivity index (χ2n) is 4.17. The zero-order valence-electron chi connectivity index (χ0n) is 11.0. The molecule has 0 bridgehead atoms. The standard InChI is InChI=1S/C14H10F3N3OS/c15-14(16,17)10-6-2-1-5-9(10)12(21)20-13(22)19-11-7-3-4-8-18-11/h1-8H,(H2,18,19,20,21,22). The van der Waals surface area contributed by atoms with Crippen molar-refractivity contribution in [3.05, 3.63) is 59.8 Å². The molecular weight excluding hydrogens is 315 g/mol. The number of rotatable bonds is 2. The average molecular weight is 325 g/mol. The highest BCUT2D eigenvalue weighted by Crippen LogP contribution is 2.31. The van der Waals surface area contributed by atoms with Crippen LogP contribution in [0.25, 0.3) is 0 Å². The summed E-state index contributed by atoms with van der Waals surface area (Å²) < 4.78 is 38.6. The van der Waals surface area contributed by atoms with Crippen LogP contribution in [0.15, 0.2) is 48.7 Å². The summed E-state index contributed by atoms with van der Waals surface area (Å²) in [6.07, 6.45) is -3.12. The fourth-order valence-electron chi connectivity index (χ4n) is 1.68. The minimum Gasteiger partial charge on any atom is -0.317 e. The zero-order chi connectivity index (χ0) is 16.2. The molecule has 1 amide bonds. The van der Waals surface area contributed by atoms with Gasteiger partial charge < -0.3 is 5.32 Å². The van der Waals surface area contributed by atoms with E-state index in [-0.39, 0.29) is 5.11 Å². The van der Waals surface area contributed by atoms with E-state index in [0.29, 0.717) is 5.82 Å². The Bertz CT molecular complexity index is 689. The molecule has 8 heteroatoms. The Kier molecular flexibility index (Phi) is 4.71. The van der Waals surface area contributed by atoms with Crippen LogP contribution in [0.3, 0.4) is 0 Å². The van der Waals surface area contributed by atoms with Crippen molar-refractivity contribution in [2.45, 2.75) is 6.18 Å². The highest BCUT2D eigenvalue weighted by molar-refractivity contribution is 7.80. The lowest BCUT2D eigenvalue weighted by molar-refractivity contribution is -0.137. The maximum atomic E-state index is 12.9. The molecule has 0 unspecified atom stereocenters.